The molecule has 0 atom stereocenters. The molecule has 0 saturated carbocycles. The molecule has 0 aliphatic carbocycles. The normalized spacial score (nSPS) is 11.5. The van der Waals surface area contributed by atoms with Crippen molar-refractivity contribution in [3.05, 3.63) is 28.2 Å². The predicted octanol–water partition coefficient (Wildman–Crippen LogP) is 3.57. The van der Waals surface area contributed by atoms with Gasteiger partial charge in [0.25, 0.3) is 0 Å². The Balaban J connectivity index is 2.51. The Hall–Kier alpha value is -0.440. The molecule has 0 bridgehead atoms. The van der Waals surface area contributed by atoms with Gasteiger partial charge in [0.15, 0.2) is 0 Å². The molecule has 0 aromatic heterocycles. The van der Waals surface area contributed by atoms with E-state index < -0.39 is 5.60 Å². The van der Waals surface area contributed by atoms with Gasteiger partial charge in [-0.05, 0) is 38.5 Å². The topological polar surface area (TPSA) is 32.3 Å². The van der Waals surface area contributed by atoms with E-state index in [1.165, 1.54) is 0 Å². The van der Waals surface area contributed by atoms with Crippen LogP contribution in [0.25, 0.3) is 0 Å². The molecule has 2 nitrogen and oxygen atoms in total. The third-order valence-electron chi connectivity index (χ3n) is 1.93. The molecule has 4 heteroatoms. The number of halogens is 2. The molecule has 0 aliphatic rings. The van der Waals surface area contributed by atoms with Crippen molar-refractivity contribution >= 4 is 28.9 Å². The molecule has 0 heterocycles. The first-order valence-corrected chi connectivity index (χ1v) is 5.55. The van der Waals surface area contributed by atoms with Gasteiger partial charge in [-0.2, -0.15) is 0 Å². The summed E-state index contributed by atoms with van der Waals surface area (Å²) in [5, 5.41) is 13.9. The van der Waals surface area contributed by atoms with Crippen molar-refractivity contribution in [1.29, 1.82) is 0 Å². The molecular formula is C11H15Cl2NO. The van der Waals surface area contributed by atoms with E-state index in [-0.39, 0.29) is 0 Å². The number of rotatable bonds is 4. The summed E-state index contributed by atoms with van der Waals surface area (Å²) in [6.45, 7) is 4.24. The highest BCUT2D eigenvalue weighted by molar-refractivity contribution is 6.35. The second-order valence-corrected chi connectivity index (χ2v) is 5.02. The van der Waals surface area contributed by atoms with E-state index >= 15 is 0 Å². The summed E-state index contributed by atoms with van der Waals surface area (Å²) in [5.41, 5.74) is 0.215. The number of benzene rings is 1. The van der Waals surface area contributed by atoms with Crippen LogP contribution >= 0.6 is 23.2 Å². The first kappa shape index (κ1) is 12.6. The summed E-state index contributed by atoms with van der Waals surface area (Å²) in [6.07, 6.45) is 0.664. The van der Waals surface area contributed by atoms with Crippen molar-refractivity contribution in [2.24, 2.45) is 0 Å². The lowest BCUT2D eigenvalue weighted by molar-refractivity contribution is 0.0749. The van der Waals surface area contributed by atoms with Crippen molar-refractivity contribution in [2.75, 3.05) is 11.9 Å². The van der Waals surface area contributed by atoms with E-state index in [1.807, 2.05) is 0 Å². The third kappa shape index (κ3) is 5.26. The largest absolute Gasteiger partial charge is 0.390 e. The summed E-state index contributed by atoms with van der Waals surface area (Å²) in [7, 11) is 0. The van der Waals surface area contributed by atoms with Gasteiger partial charge >= 0.3 is 0 Å². The molecule has 0 aliphatic heterocycles. The maximum absolute atomic E-state index is 9.51. The zero-order valence-corrected chi connectivity index (χ0v) is 10.4. The molecule has 0 spiro atoms. The van der Waals surface area contributed by atoms with Crippen molar-refractivity contribution in [3.8, 4) is 0 Å². The first-order chi connectivity index (χ1) is 6.87. The Bertz CT molecular complexity index is 314. The molecule has 15 heavy (non-hydrogen) atoms. The van der Waals surface area contributed by atoms with Gasteiger partial charge in [0, 0.05) is 22.3 Å². The second-order valence-electron chi connectivity index (χ2n) is 4.15. The van der Waals surface area contributed by atoms with E-state index in [1.54, 1.807) is 32.0 Å². The zero-order chi connectivity index (χ0) is 11.5. The predicted molar refractivity (Wildman–Crippen MR) is 65.9 cm³/mol. The van der Waals surface area contributed by atoms with Crippen molar-refractivity contribution in [1.82, 2.24) is 0 Å². The van der Waals surface area contributed by atoms with E-state index in [2.05, 4.69) is 5.32 Å². The van der Waals surface area contributed by atoms with Crippen LogP contribution in [-0.4, -0.2) is 17.3 Å². The Kier molecular flexibility index (Phi) is 4.26. The Morgan fingerprint density at radius 2 is 1.73 bits per heavy atom. The monoisotopic (exact) mass is 247 g/mol. The van der Waals surface area contributed by atoms with Crippen LogP contribution in [0, 0.1) is 0 Å². The molecular weight excluding hydrogens is 233 g/mol. The van der Waals surface area contributed by atoms with Gasteiger partial charge in [0.05, 0.1) is 5.60 Å². The number of aliphatic hydroxyl groups is 1. The third-order valence-corrected chi connectivity index (χ3v) is 2.36. The summed E-state index contributed by atoms with van der Waals surface area (Å²) in [5.74, 6) is 0. The fourth-order valence-corrected chi connectivity index (χ4v) is 1.69. The summed E-state index contributed by atoms with van der Waals surface area (Å²) in [6, 6.07) is 5.29. The zero-order valence-electron chi connectivity index (χ0n) is 8.85. The molecule has 1 rings (SSSR count). The Morgan fingerprint density at radius 1 is 1.20 bits per heavy atom. The molecule has 84 valence electrons. The van der Waals surface area contributed by atoms with Crippen LogP contribution in [0.15, 0.2) is 18.2 Å². The standard InChI is InChI=1S/C11H15Cl2NO/c1-11(2,15)3-4-14-10-6-8(12)5-9(13)7-10/h5-7,14-15H,3-4H2,1-2H3. The van der Waals surface area contributed by atoms with Crippen LogP contribution in [0.4, 0.5) is 5.69 Å². The molecule has 1 aromatic rings. The molecule has 0 amide bonds. The van der Waals surface area contributed by atoms with Gasteiger partial charge in [-0.25, -0.2) is 0 Å². The van der Waals surface area contributed by atoms with Crippen LogP contribution in [0.3, 0.4) is 0 Å². The van der Waals surface area contributed by atoms with Crippen molar-refractivity contribution in [3.63, 3.8) is 0 Å². The Labute approximate surface area is 100 Å². The van der Waals surface area contributed by atoms with Gasteiger partial charge in [-0.15, -0.1) is 0 Å². The molecule has 2 N–H and O–H groups in total. The fourth-order valence-electron chi connectivity index (χ4n) is 1.17. The lowest BCUT2D eigenvalue weighted by Crippen LogP contribution is -2.22. The highest BCUT2D eigenvalue weighted by Crippen LogP contribution is 2.22. The minimum absolute atomic E-state index is 0.605. The molecule has 0 unspecified atom stereocenters. The summed E-state index contributed by atoms with van der Waals surface area (Å²) in [4.78, 5) is 0. The highest BCUT2D eigenvalue weighted by atomic mass is 35.5. The van der Waals surface area contributed by atoms with Gasteiger partial charge in [-0.1, -0.05) is 23.2 Å². The minimum Gasteiger partial charge on any atom is -0.390 e. The van der Waals surface area contributed by atoms with Crippen LogP contribution < -0.4 is 5.32 Å². The van der Waals surface area contributed by atoms with E-state index in [0.29, 0.717) is 23.0 Å². The summed E-state index contributed by atoms with van der Waals surface area (Å²) < 4.78 is 0. The average Bonchev–Trinajstić information content (AvgIpc) is 1.99. The minimum atomic E-state index is -0.657. The van der Waals surface area contributed by atoms with Crippen molar-refractivity contribution in [2.45, 2.75) is 25.9 Å². The van der Waals surface area contributed by atoms with Crippen LogP contribution in [-0.2, 0) is 0 Å². The van der Waals surface area contributed by atoms with Crippen molar-refractivity contribution < 1.29 is 5.11 Å². The highest BCUT2D eigenvalue weighted by Gasteiger charge is 2.11. The first-order valence-electron chi connectivity index (χ1n) is 4.79. The number of hydrogen-bond acceptors (Lipinski definition) is 2. The smallest absolute Gasteiger partial charge is 0.0608 e. The van der Waals surface area contributed by atoms with Gasteiger partial charge in [0.1, 0.15) is 0 Å². The van der Waals surface area contributed by atoms with Crippen LogP contribution in [0.5, 0.6) is 0 Å². The van der Waals surface area contributed by atoms with E-state index in [0.717, 1.165) is 5.69 Å². The SMILES string of the molecule is CC(C)(O)CCNc1cc(Cl)cc(Cl)c1. The number of hydrogen-bond donors (Lipinski definition) is 2. The average molecular weight is 248 g/mol. The maximum atomic E-state index is 9.51. The number of nitrogens with one attached hydrogen (secondary N) is 1. The molecule has 0 radical (unpaired) electrons. The van der Waals surface area contributed by atoms with Crippen LogP contribution in [0.1, 0.15) is 20.3 Å². The lowest BCUT2D eigenvalue weighted by atomic mass is 10.1. The van der Waals surface area contributed by atoms with Crippen LogP contribution in [0.2, 0.25) is 10.0 Å². The van der Waals surface area contributed by atoms with E-state index in [9.17, 15) is 5.11 Å². The fraction of sp³-hybridized carbons (Fsp3) is 0.455. The lowest BCUT2D eigenvalue weighted by Gasteiger charge is -2.17. The molecule has 0 fully saturated rings. The van der Waals surface area contributed by atoms with Gasteiger partial charge < -0.3 is 10.4 Å². The summed E-state index contributed by atoms with van der Waals surface area (Å²) >= 11 is 11.7. The maximum Gasteiger partial charge on any atom is 0.0608 e. The van der Waals surface area contributed by atoms with Gasteiger partial charge in [0.2, 0.25) is 0 Å². The number of anilines is 1. The van der Waals surface area contributed by atoms with Gasteiger partial charge in [-0.3, -0.25) is 0 Å². The quantitative estimate of drug-likeness (QED) is 0.853. The van der Waals surface area contributed by atoms with E-state index in [4.69, 9.17) is 23.2 Å². The molecule has 0 saturated heterocycles. The Morgan fingerprint density at radius 3 is 2.20 bits per heavy atom. The molecule has 1 aromatic carbocycles. The second kappa shape index (κ2) is 5.06.